The van der Waals surface area contributed by atoms with Gasteiger partial charge in [0.05, 0.1) is 44.9 Å². The van der Waals surface area contributed by atoms with Gasteiger partial charge in [0.15, 0.2) is 5.96 Å². The number of guanidine groups is 1. The van der Waals surface area contributed by atoms with E-state index in [9.17, 15) is 0 Å². The highest BCUT2D eigenvalue weighted by molar-refractivity contribution is 14.0. The van der Waals surface area contributed by atoms with E-state index in [0.29, 0.717) is 32.9 Å². The van der Waals surface area contributed by atoms with E-state index < -0.39 is 0 Å². The zero-order valence-electron chi connectivity index (χ0n) is 18.8. The minimum Gasteiger partial charge on any atom is -0.497 e. The molecule has 0 unspecified atom stereocenters. The quantitative estimate of drug-likeness (QED) is 0.164. The fraction of sp³-hybridized carbons (Fsp3) is 0.545. The lowest BCUT2D eigenvalue weighted by Gasteiger charge is -2.11. The second kappa shape index (κ2) is 16.8. The molecule has 0 bridgehead atoms. The number of aromatic nitrogens is 2. The van der Waals surface area contributed by atoms with Crippen LogP contribution in [-0.4, -0.2) is 62.4 Å². The van der Waals surface area contributed by atoms with Crippen LogP contribution in [0.15, 0.2) is 41.5 Å². The predicted octanol–water partition coefficient (Wildman–Crippen LogP) is 3.39. The molecule has 0 saturated carbocycles. The molecule has 2 aromatic rings. The van der Waals surface area contributed by atoms with E-state index in [-0.39, 0.29) is 24.0 Å². The molecule has 2 rings (SSSR count). The first-order valence-corrected chi connectivity index (χ1v) is 10.6. The maximum Gasteiger partial charge on any atom is 0.191 e. The number of methoxy groups -OCH3 is 1. The number of halogens is 1. The summed E-state index contributed by atoms with van der Waals surface area (Å²) in [5, 5.41) is 11.1. The molecule has 0 radical (unpaired) electrons. The first kappa shape index (κ1) is 27.2. The molecule has 0 spiro atoms. The van der Waals surface area contributed by atoms with E-state index in [1.807, 2.05) is 48.1 Å². The zero-order valence-corrected chi connectivity index (χ0v) is 21.1. The summed E-state index contributed by atoms with van der Waals surface area (Å²) in [6, 6.07) is 9.75. The van der Waals surface area contributed by atoms with Crippen LogP contribution >= 0.6 is 24.0 Å². The summed E-state index contributed by atoms with van der Waals surface area (Å²) in [5.74, 6) is 1.57. The van der Waals surface area contributed by atoms with Gasteiger partial charge in [0, 0.05) is 25.9 Å². The Labute approximate surface area is 202 Å². The molecule has 31 heavy (non-hydrogen) atoms. The van der Waals surface area contributed by atoms with E-state index >= 15 is 0 Å². The highest BCUT2D eigenvalue weighted by Crippen LogP contribution is 2.14. The van der Waals surface area contributed by atoms with Gasteiger partial charge < -0.3 is 24.8 Å². The number of nitrogens with zero attached hydrogens (tertiary/aromatic N) is 3. The van der Waals surface area contributed by atoms with Gasteiger partial charge in [0.25, 0.3) is 0 Å². The van der Waals surface area contributed by atoms with Gasteiger partial charge >= 0.3 is 0 Å². The van der Waals surface area contributed by atoms with Crippen LogP contribution in [0.5, 0.6) is 5.75 Å². The monoisotopic (exact) mass is 545 g/mol. The Morgan fingerprint density at radius 2 is 1.74 bits per heavy atom. The predicted molar refractivity (Wildman–Crippen MR) is 135 cm³/mol. The Kier molecular flexibility index (Phi) is 14.7. The minimum atomic E-state index is 0. The molecule has 1 aromatic heterocycles. The third-order valence-electron chi connectivity index (χ3n) is 4.28. The normalized spacial score (nSPS) is 11.1. The van der Waals surface area contributed by atoms with Crippen LogP contribution in [0.1, 0.15) is 32.4 Å². The molecule has 0 aliphatic heterocycles. The van der Waals surface area contributed by atoms with Crippen LogP contribution in [0.2, 0.25) is 0 Å². The molecule has 0 aliphatic carbocycles. The van der Waals surface area contributed by atoms with Crippen LogP contribution < -0.4 is 15.4 Å². The molecule has 1 heterocycles. The molecule has 0 amide bonds. The SMILES string of the molecule is CCCCOCCOCCNC(=NCc1ccn(-c2ccc(OC)cc2)n1)NCC.I. The van der Waals surface area contributed by atoms with Crippen LogP contribution in [0.25, 0.3) is 5.69 Å². The average Bonchev–Trinajstić information content (AvgIpc) is 3.25. The van der Waals surface area contributed by atoms with Gasteiger partial charge in [0.1, 0.15) is 5.75 Å². The Morgan fingerprint density at radius 1 is 1.00 bits per heavy atom. The van der Waals surface area contributed by atoms with Crippen molar-refractivity contribution in [2.75, 3.05) is 46.6 Å². The molecule has 0 saturated heterocycles. The maximum absolute atomic E-state index is 5.58. The second-order valence-corrected chi connectivity index (χ2v) is 6.65. The topological polar surface area (TPSA) is 81.9 Å². The Hall–Kier alpha value is -1.85. The van der Waals surface area contributed by atoms with Gasteiger partial charge in [-0.1, -0.05) is 13.3 Å². The van der Waals surface area contributed by atoms with E-state index in [2.05, 4.69) is 27.6 Å². The van der Waals surface area contributed by atoms with Crippen molar-refractivity contribution in [3.63, 3.8) is 0 Å². The summed E-state index contributed by atoms with van der Waals surface area (Å²) < 4.78 is 18.1. The van der Waals surface area contributed by atoms with Gasteiger partial charge in [-0.3, -0.25) is 0 Å². The summed E-state index contributed by atoms with van der Waals surface area (Å²) in [7, 11) is 1.66. The smallest absolute Gasteiger partial charge is 0.191 e. The highest BCUT2D eigenvalue weighted by Gasteiger charge is 2.03. The molecular weight excluding hydrogens is 509 g/mol. The Bertz CT molecular complexity index is 737. The minimum absolute atomic E-state index is 0. The number of rotatable bonds is 14. The van der Waals surface area contributed by atoms with E-state index in [0.717, 1.165) is 49.1 Å². The summed E-state index contributed by atoms with van der Waals surface area (Å²) in [6.07, 6.45) is 4.19. The molecule has 0 aliphatic rings. The fourth-order valence-corrected chi connectivity index (χ4v) is 2.64. The zero-order chi connectivity index (χ0) is 21.4. The van der Waals surface area contributed by atoms with Gasteiger partial charge in [-0.2, -0.15) is 5.10 Å². The number of hydrogen-bond donors (Lipinski definition) is 2. The lowest BCUT2D eigenvalue weighted by molar-refractivity contribution is 0.0487. The molecule has 8 nitrogen and oxygen atoms in total. The molecule has 9 heteroatoms. The average molecular weight is 545 g/mol. The van der Waals surface area contributed by atoms with Crippen molar-refractivity contribution in [1.29, 1.82) is 0 Å². The van der Waals surface area contributed by atoms with Gasteiger partial charge in [0.2, 0.25) is 0 Å². The fourth-order valence-electron chi connectivity index (χ4n) is 2.64. The second-order valence-electron chi connectivity index (χ2n) is 6.65. The van der Waals surface area contributed by atoms with Crippen molar-refractivity contribution < 1.29 is 14.2 Å². The third kappa shape index (κ3) is 10.8. The Balaban J connectivity index is 0.00000480. The van der Waals surface area contributed by atoms with E-state index in [4.69, 9.17) is 14.2 Å². The van der Waals surface area contributed by atoms with Crippen LogP contribution in [0.4, 0.5) is 0 Å². The summed E-state index contributed by atoms with van der Waals surface area (Å²) in [5.41, 5.74) is 1.87. The lowest BCUT2D eigenvalue weighted by atomic mass is 10.3. The van der Waals surface area contributed by atoms with Gasteiger partial charge in [-0.05, 0) is 43.7 Å². The number of nitrogens with one attached hydrogen (secondary N) is 2. The maximum atomic E-state index is 5.58. The first-order chi connectivity index (χ1) is 14.8. The van der Waals surface area contributed by atoms with Crippen molar-refractivity contribution in [3.05, 3.63) is 42.2 Å². The largest absolute Gasteiger partial charge is 0.497 e. The van der Waals surface area contributed by atoms with Crippen LogP contribution in [0, 0.1) is 0 Å². The number of benzene rings is 1. The van der Waals surface area contributed by atoms with Crippen LogP contribution in [-0.2, 0) is 16.0 Å². The number of hydrogen-bond acceptors (Lipinski definition) is 5. The van der Waals surface area contributed by atoms with Gasteiger partial charge in [-0.25, -0.2) is 9.67 Å². The van der Waals surface area contributed by atoms with E-state index in [1.165, 1.54) is 0 Å². The third-order valence-corrected chi connectivity index (χ3v) is 4.28. The molecule has 0 atom stereocenters. The summed E-state index contributed by atoms with van der Waals surface area (Å²) in [4.78, 5) is 4.60. The number of ether oxygens (including phenoxy) is 3. The molecule has 1 aromatic carbocycles. The number of unbranched alkanes of at least 4 members (excludes halogenated alkanes) is 1. The standard InChI is InChI=1S/C22H35N5O3.HI/c1-4-6-14-29-16-17-30-15-12-24-22(23-5-2)25-18-19-11-13-27(26-19)20-7-9-21(28-3)10-8-20;/h7-11,13H,4-6,12,14-18H2,1-3H3,(H2,23,24,25);1H. The van der Waals surface area contributed by atoms with E-state index in [1.54, 1.807) is 7.11 Å². The van der Waals surface area contributed by atoms with Crippen molar-refractivity contribution in [3.8, 4) is 11.4 Å². The van der Waals surface area contributed by atoms with Gasteiger partial charge in [-0.15, -0.1) is 24.0 Å². The molecule has 2 N–H and O–H groups in total. The van der Waals surface area contributed by atoms with Crippen molar-refractivity contribution >= 4 is 29.9 Å². The van der Waals surface area contributed by atoms with Crippen LogP contribution in [0.3, 0.4) is 0 Å². The summed E-state index contributed by atoms with van der Waals surface area (Å²) >= 11 is 0. The van der Waals surface area contributed by atoms with Crippen molar-refractivity contribution in [1.82, 2.24) is 20.4 Å². The molecular formula is C22H36IN5O3. The summed E-state index contributed by atoms with van der Waals surface area (Å²) in [6.45, 7) is 8.83. The molecule has 0 fully saturated rings. The molecule has 174 valence electrons. The highest BCUT2D eigenvalue weighted by atomic mass is 127. The number of aliphatic imine (C=N–C) groups is 1. The van der Waals surface area contributed by atoms with Crippen molar-refractivity contribution in [2.24, 2.45) is 4.99 Å². The Morgan fingerprint density at radius 3 is 2.42 bits per heavy atom. The van der Waals surface area contributed by atoms with Crippen molar-refractivity contribution in [2.45, 2.75) is 33.2 Å². The lowest BCUT2D eigenvalue weighted by Crippen LogP contribution is -2.39. The first-order valence-electron chi connectivity index (χ1n) is 10.6.